The van der Waals surface area contributed by atoms with E-state index in [1.807, 2.05) is 83.5 Å². The van der Waals surface area contributed by atoms with Crippen molar-refractivity contribution in [3.63, 3.8) is 0 Å². The zero-order valence-corrected chi connectivity index (χ0v) is 66.2. The third-order valence-corrected chi connectivity index (χ3v) is 15.0. The average Bonchev–Trinajstić information content (AvgIpc) is 1.76. The van der Waals surface area contributed by atoms with Crippen LogP contribution in [0.2, 0.25) is 0 Å². The van der Waals surface area contributed by atoms with Crippen LogP contribution in [0.25, 0.3) is 0 Å². The molecule has 0 unspecified atom stereocenters. The molecule has 32 nitrogen and oxygen atoms in total. The second kappa shape index (κ2) is 45.7. The minimum atomic E-state index is 0.368. The quantitative estimate of drug-likeness (QED) is 0.0803. The van der Waals surface area contributed by atoms with Crippen molar-refractivity contribution in [2.75, 3.05) is 0 Å². The van der Waals surface area contributed by atoms with E-state index >= 15 is 0 Å². The molecule has 544 valence electrons. The molecule has 0 aliphatic heterocycles. The van der Waals surface area contributed by atoms with Gasteiger partial charge in [0.15, 0.2) is 17.5 Å². The van der Waals surface area contributed by atoms with Crippen molar-refractivity contribution in [1.82, 2.24) is 162 Å². The molecule has 11 aromatic heterocycles. The first-order valence-electron chi connectivity index (χ1n) is 33.1. The summed E-state index contributed by atoms with van der Waals surface area (Å²) in [6, 6.07) is 0.368. The molecule has 0 aliphatic rings. The summed E-state index contributed by atoms with van der Waals surface area (Å²) in [6.45, 7) is 59.7. The number of hydrogen-bond donors (Lipinski definition) is 5. The minimum Gasteiger partial charge on any atom is -0.263 e. The van der Waals surface area contributed by atoms with E-state index in [1.165, 1.54) is 6.33 Å². The number of H-pyrrole nitrogens is 5. The second-order valence-electron chi connectivity index (χ2n) is 25.9. The van der Waals surface area contributed by atoms with Gasteiger partial charge in [-0.3, -0.25) is 14.9 Å². The molecule has 34 heteroatoms. The average molecular weight is 1400 g/mol. The van der Waals surface area contributed by atoms with Gasteiger partial charge in [0, 0.05) is 56.7 Å². The molecule has 98 heavy (non-hydrogen) atoms. The van der Waals surface area contributed by atoms with Gasteiger partial charge in [0.25, 0.3) is 0 Å². The van der Waals surface area contributed by atoms with E-state index < -0.39 is 0 Å². The number of tetrazole rings is 1. The third-order valence-electron chi connectivity index (χ3n) is 12.9. The van der Waals surface area contributed by atoms with E-state index in [-0.39, 0.29) is 0 Å². The largest absolute Gasteiger partial charge is 0.263 e. The number of hydrogen-bond acceptors (Lipinski definition) is 25. The summed E-state index contributed by atoms with van der Waals surface area (Å²) in [4.78, 5) is 17.3. The van der Waals surface area contributed by atoms with E-state index in [1.54, 1.807) is 59.6 Å². The van der Waals surface area contributed by atoms with Crippen LogP contribution in [0.15, 0.2) is 24.2 Å². The highest BCUT2D eigenvalue weighted by atomic mass is 32.1. The highest BCUT2D eigenvalue weighted by molar-refractivity contribution is 7.11. The van der Waals surface area contributed by atoms with Crippen LogP contribution in [-0.4, -0.2) is 162 Å². The van der Waals surface area contributed by atoms with Crippen molar-refractivity contribution < 1.29 is 0 Å². The SMILES string of the molecule is CC(C)c1cn[nH]n1.CC(C)c1cnn(C)n1.CC(C)c1ncn[nH]1.CC(C)c1nn[nH]n1.CC(C)c1nncs1.Cc1n[nH]nc1C(C)C.Cc1nc(C(C)C)n[nH]1.Cc1nc(C(C)C)nn1C.Cc1nn(C(C)C)nc1C.Cc1nn(C)nc1C(C)C.Cc1nnc(C(C)C)s1. The van der Waals surface area contributed by atoms with E-state index in [0.29, 0.717) is 65.2 Å². The molecule has 0 amide bonds. The number of aromatic nitrogens is 32. The standard InChI is InChI=1S/3C7H13N3.3C6H11N3.C6H10N2S.2C5H9N3.C5H8N2S.C4H8N4/c1-5(2)7-8-6(3)10(4)9-7;1-5(2)7-6(3)8-10(4)9-7;1-5(2)10-8-6(3)7(4)9-10;1-5(2)6-4-7-9(3)8-6;1-4(2)6-7-5(3)8-9-6;1-4(2)6-5(3)7-9-8-6;1-4(2)6-8-7-5(3)9-6;1-4(2)5-6-3-7-8-5;1-4(2)5-3-6-8-7-5;1-4(2)5-7-6-3-8-5;1-3(2)4-5-7-8-6-4/h3*5H,1-4H3;4-5H,1-3H3;2*4H,1-3H3,(H,7,8,9);4H,1-3H3;2*3-4H,1-2H3,(H,6,7,8);3-4H,1-2H3;3H,1-2H3,(H,5,6,7,8). The van der Waals surface area contributed by atoms with Crippen molar-refractivity contribution in [2.24, 2.45) is 21.1 Å². The Morgan fingerprint density at radius 2 is 1.02 bits per heavy atom. The maximum absolute atomic E-state index is 4.26. The number of aryl methyl sites for hydroxylation is 10. The number of aromatic amines is 5. The maximum Gasteiger partial charge on any atom is 0.177 e. The summed E-state index contributed by atoms with van der Waals surface area (Å²) >= 11 is 3.28. The topological polar surface area (TPSA) is 395 Å². The van der Waals surface area contributed by atoms with Gasteiger partial charge in [-0.25, -0.2) is 15.0 Å². The Kier molecular flexibility index (Phi) is 40.8. The molecule has 0 radical (unpaired) electrons. The van der Waals surface area contributed by atoms with Crippen LogP contribution in [0, 0.1) is 48.5 Å². The van der Waals surface area contributed by atoms with E-state index in [2.05, 4.69) is 281 Å². The van der Waals surface area contributed by atoms with Gasteiger partial charge < -0.3 is 0 Å². The van der Waals surface area contributed by atoms with Crippen LogP contribution in [0.5, 0.6) is 0 Å². The lowest BCUT2D eigenvalue weighted by atomic mass is 10.1. The lowest BCUT2D eigenvalue weighted by molar-refractivity contribution is 0.462. The molecule has 5 N–H and O–H groups in total. The van der Waals surface area contributed by atoms with Crippen LogP contribution in [0.1, 0.15) is 313 Å². The first-order chi connectivity index (χ1) is 45.9. The fourth-order valence-electron chi connectivity index (χ4n) is 6.95. The predicted octanol–water partition coefficient (Wildman–Crippen LogP) is 13.2. The Morgan fingerprint density at radius 3 is 1.24 bits per heavy atom. The highest BCUT2D eigenvalue weighted by Crippen LogP contribution is 2.19. The zero-order chi connectivity index (χ0) is 74.5. The summed E-state index contributed by atoms with van der Waals surface area (Å²) in [5.74, 6) is 10.1. The predicted molar refractivity (Wildman–Crippen MR) is 387 cm³/mol. The molecule has 11 aromatic rings. The fourth-order valence-corrected chi connectivity index (χ4v) is 8.22. The highest BCUT2D eigenvalue weighted by Gasteiger charge is 2.11. The molecule has 0 atom stereocenters. The van der Waals surface area contributed by atoms with Crippen molar-refractivity contribution in [1.29, 1.82) is 0 Å². The lowest BCUT2D eigenvalue weighted by Crippen LogP contribution is -2.04. The van der Waals surface area contributed by atoms with Crippen molar-refractivity contribution in [3.8, 4) is 0 Å². The van der Waals surface area contributed by atoms with Gasteiger partial charge in [-0.1, -0.05) is 144 Å². The molecule has 0 fully saturated rings. The number of nitrogens with zero attached hydrogens (tertiary/aromatic N) is 27. The molecular formula is C64H116N32S2. The van der Waals surface area contributed by atoms with Crippen molar-refractivity contribution in [3.05, 3.63) is 120 Å². The van der Waals surface area contributed by atoms with Gasteiger partial charge in [-0.15, -0.1) is 53.3 Å². The Bertz CT molecular complexity index is 3330. The molecule has 11 rings (SSSR count). The second-order valence-corrected chi connectivity index (χ2v) is 28.0. The molecule has 0 bridgehead atoms. The molecule has 11 heterocycles. The molecule has 0 aliphatic carbocycles. The Hall–Kier alpha value is -8.69. The van der Waals surface area contributed by atoms with Crippen molar-refractivity contribution in [2.45, 2.75) is 266 Å². The Balaban J connectivity index is 0.000000539. The smallest absolute Gasteiger partial charge is 0.177 e. The first kappa shape index (κ1) is 87.3. The summed E-state index contributed by atoms with van der Waals surface area (Å²) in [7, 11) is 5.58. The van der Waals surface area contributed by atoms with Crippen LogP contribution < -0.4 is 0 Å². The van der Waals surface area contributed by atoms with Crippen LogP contribution in [0.4, 0.5) is 0 Å². The monoisotopic (exact) mass is 1400 g/mol. The van der Waals surface area contributed by atoms with Crippen molar-refractivity contribution >= 4 is 22.7 Å². The molecular weight excluding hydrogens is 1280 g/mol. The van der Waals surface area contributed by atoms with Crippen LogP contribution in [0.3, 0.4) is 0 Å². The summed E-state index contributed by atoms with van der Waals surface area (Å²) in [5, 5.41) is 95.0. The molecule has 0 spiro atoms. The number of nitrogens with one attached hydrogen (secondary N) is 5. The Morgan fingerprint density at radius 1 is 0.418 bits per heavy atom. The lowest BCUT2D eigenvalue weighted by Gasteiger charge is -2.00. The van der Waals surface area contributed by atoms with Gasteiger partial charge in [0.2, 0.25) is 0 Å². The normalized spacial score (nSPS) is 10.6. The third kappa shape index (κ3) is 35.0. The Labute approximate surface area is 588 Å². The van der Waals surface area contributed by atoms with Gasteiger partial charge in [-0.05, 0) is 86.0 Å². The molecule has 0 saturated heterocycles. The fraction of sp³-hybridized carbons (Fsp3) is 0.672. The molecule has 0 aromatic carbocycles. The van der Waals surface area contributed by atoms with Crippen LogP contribution >= 0.6 is 22.7 Å². The van der Waals surface area contributed by atoms with E-state index in [9.17, 15) is 0 Å². The number of rotatable bonds is 11. The summed E-state index contributed by atoms with van der Waals surface area (Å²) in [5.41, 5.74) is 10.1. The van der Waals surface area contributed by atoms with Gasteiger partial charge in [-0.2, -0.15) is 96.3 Å². The maximum atomic E-state index is 4.26. The first-order valence-corrected chi connectivity index (χ1v) is 34.8. The van der Waals surface area contributed by atoms with E-state index in [4.69, 9.17) is 0 Å². The summed E-state index contributed by atoms with van der Waals surface area (Å²) in [6.07, 6.45) is 5.06. The zero-order valence-electron chi connectivity index (χ0n) is 64.6. The molecule has 0 saturated carbocycles. The minimum absolute atomic E-state index is 0.368. The van der Waals surface area contributed by atoms with Gasteiger partial charge in [0.05, 0.1) is 64.0 Å². The van der Waals surface area contributed by atoms with Gasteiger partial charge in [0.1, 0.15) is 44.3 Å². The van der Waals surface area contributed by atoms with Gasteiger partial charge >= 0.3 is 0 Å². The summed E-state index contributed by atoms with van der Waals surface area (Å²) < 4.78 is 1.80. The van der Waals surface area contributed by atoms with E-state index in [0.717, 1.165) is 95.5 Å². The van der Waals surface area contributed by atoms with Crippen LogP contribution in [-0.2, 0) is 21.1 Å².